The monoisotopic (exact) mass is 202 g/mol. The Morgan fingerprint density at radius 3 is 2.20 bits per heavy atom. The van der Waals surface area contributed by atoms with Crippen LogP contribution in [0.2, 0.25) is 0 Å². The minimum Gasteiger partial charge on any atom is -0.539 e. The van der Waals surface area contributed by atoms with E-state index in [1.165, 1.54) is 0 Å². The molecule has 2 rings (SSSR count). The molecule has 0 fully saturated rings. The maximum Gasteiger partial charge on any atom is 0.504 e. The van der Waals surface area contributed by atoms with Gasteiger partial charge in [0.05, 0.1) is 7.11 Å². The summed E-state index contributed by atoms with van der Waals surface area (Å²) in [5.41, 5.74) is 0. The molecule has 0 unspecified atom stereocenters. The van der Waals surface area contributed by atoms with Crippen LogP contribution < -0.4 is 9.39 Å². The Morgan fingerprint density at radius 2 is 1.60 bits per heavy atom. The lowest BCUT2D eigenvalue weighted by Crippen LogP contribution is -1.99. The third-order valence-corrected chi connectivity index (χ3v) is 2.25. The first-order valence-electron chi connectivity index (χ1n) is 4.65. The highest BCUT2D eigenvalue weighted by Gasteiger charge is 1.99. The van der Waals surface area contributed by atoms with E-state index in [-0.39, 0.29) is 7.69 Å². The minimum atomic E-state index is -0.304. The quantitative estimate of drug-likeness (QED) is 0.766. The van der Waals surface area contributed by atoms with E-state index in [2.05, 4.69) is 0 Å². The van der Waals surface area contributed by atoms with Crippen molar-refractivity contribution in [2.45, 2.75) is 0 Å². The summed E-state index contributed by atoms with van der Waals surface area (Å²) in [6.45, 7) is 0. The van der Waals surface area contributed by atoms with Crippen LogP contribution in [0.25, 0.3) is 10.8 Å². The molecule has 0 aliphatic heterocycles. The number of benzene rings is 2. The van der Waals surface area contributed by atoms with Crippen LogP contribution in [0, 0.1) is 0 Å². The van der Waals surface area contributed by atoms with Crippen molar-refractivity contribution >= 4 is 18.5 Å². The second-order valence-corrected chi connectivity index (χ2v) is 3.15. The molecule has 0 spiro atoms. The van der Waals surface area contributed by atoms with Crippen LogP contribution in [-0.4, -0.2) is 19.8 Å². The maximum atomic E-state index is 8.63. The molecule has 15 heavy (non-hydrogen) atoms. The summed E-state index contributed by atoms with van der Waals surface area (Å²) in [6.07, 6.45) is 0. The summed E-state index contributed by atoms with van der Waals surface area (Å²) in [7, 11) is 1.34. The maximum absolute atomic E-state index is 8.63. The van der Waals surface area contributed by atoms with Crippen molar-refractivity contribution in [2.24, 2.45) is 0 Å². The number of hydrogen-bond acceptors (Lipinski definition) is 3. The van der Waals surface area contributed by atoms with E-state index in [0.29, 0.717) is 5.75 Å². The van der Waals surface area contributed by atoms with E-state index in [1.54, 1.807) is 7.11 Å². The van der Waals surface area contributed by atoms with Crippen molar-refractivity contribution in [3.05, 3.63) is 36.4 Å². The fourth-order valence-electron chi connectivity index (χ4n) is 1.49. The average molecular weight is 202 g/mol. The van der Waals surface area contributed by atoms with Crippen LogP contribution in [0.3, 0.4) is 0 Å². The lowest BCUT2D eigenvalue weighted by Gasteiger charge is -2.05. The van der Waals surface area contributed by atoms with Crippen molar-refractivity contribution in [1.29, 1.82) is 0 Å². The smallest absolute Gasteiger partial charge is 0.504 e. The molecule has 1 N–H and O–H groups in total. The third-order valence-electron chi connectivity index (χ3n) is 2.25. The summed E-state index contributed by atoms with van der Waals surface area (Å²) < 4.78 is 10.1. The van der Waals surface area contributed by atoms with Gasteiger partial charge in [-0.05, 0) is 35.0 Å². The van der Waals surface area contributed by atoms with Crippen LogP contribution in [0.5, 0.6) is 11.5 Å². The Balaban J connectivity index is 2.45. The molecule has 0 heterocycles. The third kappa shape index (κ3) is 2.05. The van der Waals surface area contributed by atoms with Gasteiger partial charge in [-0.25, -0.2) is 0 Å². The van der Waals surface area contributed by atoms with Gasteiger partial charge in [0.15, 0.2) is 0 Å². The molecule has 0 aliphatic rings. The van der Waals surface area contributed by atoms with Gasteiger partial charge in [0.25, 0.3) is 0 Å². The number of ether oxygens (including phenoxy) is 1. The molecule has 76 valence electrons. The largest absolute Gasteiger partial charge is 0.539 e. The van der Waals surface area contributed by atoms with Gasteiger partial charge in [-0.1, -0.05) is 12.1 Å². The number of rotatable bonds is 3. The zero-order valence-corrected chi connectivity index (χ0v) is 8.43. The lowest BCUT2D eigenvalue weighted by molar-refractivity contribution is 0.415. The molecule has 0 aliphatic carbocycles. The summed E-state index contributed by atoms with van der Waals surface area (Å²) in [6, 6.07) is 11.4. The SMILES string of the molecule is COc1ccc2cc(OBO)ccc2c1. The summed E-state index contributed by atoms with van der Waals surface area (Å²) >= 11 is 0. The Labute approximate surface area is 88.6 Å². The lowest BCUT2D eigenvalue weighted by atomic mass is 10.1. The van der Waals surface area contributed by atoms with Crippen molar-refractivity contribution in [2.75, 3.05) is 7.11 Å². The molecule has 3 nitrogen and oxygen atoms in total. The van der Waals surface area contributed by atoms with Crippen LogP contribution in [0.1, 0.15) is 0 Å². The fraction of sp³-hybridized carbons (Fsp3) is 0.0909. The Kier molecular flexibility index (Phi) is 2.78. The summed E-state index contributed by atoms with van der Waals surface area (Å²) in [4.78, 5) is 0. The normalized spacial score (nSPS) is 10.0. The zero-order valence-electron chi connectivity index (χ0n) is 8.43. The van der Waals surface area contributed by atoms with E-state index in [9.17, 15) is 0 Å². The Morgan fingerprint density at radius 1 is 1.00 bits per heavy atom. The van der Waals surface area contributed by atoms with Gasteiger partial charge in [-0.2, -0.15) is 0 Å². The van der Waals surface area contributed by atoms with E-state index in [0.717, 1.165) is 16.5 Å². The predicted octanol–water partition coefficient (Wildman–Crippen LogP) is 1.49. The minimum absolute atomic E-state index is 0.304. The Bertz CT molecular complexity index is 470. The van der Waals surface area contributed by atoms with E-state index >= 15 is 0 Å². The van der Waals surface area contributed by atoms with Crippen LogP contribution in [-0.2, 0) is 0 Å². The molecule has 4 heteroatoms. The van der Waals surface area contributed by atoms with Gasteiger partial charge >= 0.3 is 7.69 Å². The standard InChI is InChI=1S/C11H11BO3/c1-14-10-4-2-9-7-11(15-12-13)5-3-8(9)6-10/h2-7,12-13H,1H3. The van der Waals surface area contributed by atoms with E-state index in [1.807, 2.05) is 36.4 Å². The van der Waals surface area contributed by atoms with Crippen molar-refractivity contribution in [3.63, 3.8) is 0 Å². The Hall–Kier alpha value is -1.68. The van der Waals surface area contributed by atoms with Crippen LogP contribution in [0.15, 0.2) is 36.4 Å². The van der Waals surface area contributed by atoms with Gasteiger partial charge in [0.1, 0.15) is 11.5 Å². The molecule has 0 bridgehead atoms. The molecule has 0 saturated carbocycles. The highest BCUT2D eigenvalue weighted by molar-refractivity contribution is 6.17. The van der Waals surface area contributed by atoms with E-state index < -0.39 is 0 Å². The van der Waals surface area contributed by atoms with Crippen molar-refractivity contribution < 1.29 is 14.4 Å². The first-order valence-corrected chi connectivity index (χ1v) is 4.65. The first-order chi connectivity index (χ1) is 7.33. The average Bonchev–Trinajstić information content (AvgIpc) is 2.29. The summed E-state index contributed by atoms with van der Waals surface area (Å²) in [5.74, 6) is 1.49. The molecular weight excluding hydrogens is 191 g/mol. The van der Waals surface area contributed by atoms with Gasteiger partial charge in [0.2, 0.25) is 0 Å². The van der Waals surface area contributed by atoms with Gasteiger partial charge in [-0.3, -0.25) is 0 Å². The zero-order chi connectivity index (χ0) is 10.7. The molecule has 2 aromatic carbocycles. The molecule has 2 aromatic rings. The number of fused-ring (bicyclic) bond motifs is 1. The topological polar surface area (TPSA) is 38.7 Å². The molecule has 0 saturated heterocycles. The van der Waals surface area contributed by atoms with E-state index in [4.69, 9.17) is 14.4 Å². The van der Waals surface area contributed by atoms with Gasteiger partial charge in [0, 0.05) is 0 Å². The van der Waals surface area contributed by atoms with Crippen LogP contribution >= 0.6 is 0 Å². The highest BCUT2D eigenvalue weighted by atomic mass is 16.5. The predicted molar refractivity (Wildman–Crippen MR) is 60.5 cm³/mol. The van der Waals surface area contributed by atoms with Crippen molar-refractivity contribution in [3.8, 4) is 11.5 Å². The number of hydrogen-bond donors (Lipinski definition) is 1. The molecule has 0 atom stereocenters. The second kappa shape index (κ2) is 4.23. The van der Waals surface area contributed by atoms with Crippen LogP contribution in [0.4, 0.5) is 0 Å². The van der Waals surface area contributed by atoms with Gasteiger partial charge in [-0.15, -0.1) is 0 Å². The summed E-state index contributed by atoms with van der Waals surface area (Å²) in [5, 5.41) is 10.8. The first kappa shape index (κ1) is 9.86. The second-order valence-electron chi connectivity index (χ2n) is 3.15. The van der Waals surface area contributed by atoms with Crippen molar-refractivity contribution in [1.82, 2.24) is 0 Å². The number of methoxy groups -OCH3 is 1. The highest BCUT2D eigenvalue weighted by Crippen LogP contribution is 2.24. The molecule has 0 amide bonds. The van der Waals surface area contributed by atoms with Gasteiger partial charge < -0.3 is 14.4 Å². The fourth-order valence-corrected chi connectivity index (χ4v) is 1.49. The molecular formula is C11H11BO3. The molecule has 0 radical (unpaired) electrons. The molecule has 0 aromatic heterocycles.